The number of nitrogens with zero attached hydrogens (tertiary/aromatic N) is 7. The Hall–Kier alpha value is -4.69. The minimum atomic E-state index is -4.56. The summed E-state index contributed by atoms with van der Waals surface area (Å²) in [6.45, 7) is -0.365. The summed E-state index contributed by atoms with van der Waals surface area (Å²) in [4.78, 5) is 33.8. The molecule has 41 heavy (non-hydrogen) atoms. The van der Waals surface area contributed by atoms with Crippen LogP contribution in [0, 0.1) is 5.92 Å². The minimum absolute atomic E-state index is 0.0865. The van der Waals surface area contributed by atoms with Crippen LogP contribution in [-0.4, -0.2) is 53.3 Å². The number of nitrogens with one attached hydrogen (secondary N) is 1. The Balaban J connectivity index is 1.29. The predicted molar refractivity (Wildman–Crippen MR) is 136 cm³/mol. The number of hydrogen-bond acceptors (Lipinski definition) is 6. The molecule has 1 saturated heterocycles. The van der Waals surface area contributed by atoms with Crippen LogP contribution in [-0.2, 0) is 19.8 Å². The van der Waals surface area contributed by atoms with Gasteiger partial charge >= 0.3 is 18.0 Å². The molecular formula is C26H20F6N8O. The lowest BCUT2D eigenvalue weighted by Crippen LogP contribution is -2.53. The van der Waals surface area contributed by atoms with Crippen molar-refractivity contribution >= 4 is 17.0 Å². The number of halogens is 6. The molecule has 6 rings (SSSR count). The van der Waals surface area contributed by atoms with Crippen LogP contribution in [0.1, 0.15) is 11.3 Å². The van der Waals surface area contributed by atoms with E-state index in [1.165, 1.54) is 33.5 Å². The predicted octanol–water partition coefficient (Wildman–Crippen LogP) is 4.65. The first kappa shape index (κ1) is 26.5. The Kier molecular flexibility index (Phi) is 6.12. The number of aromatic amines is 1. The normalized spacial score (nSPS) is 14.6. The monoisotopic (exact) mass is 574 g/mol. The molecule has 4 aromatic heterocycles. The molecule has 15 heteroatoms. The van der Waals surface area contributed by atoms with Gasteiger partial charge in [-0.1, -0.05) is 24.3 Å². The van der Waals surface area contributed by atoms with Gasteiger partial charge in [-0.25, -0.2) is 24.7 Å². The topological polar surface area (TPSA) is 97.5 Å². The number of benzene rings is 1. The SMILES string of the molecule is Cn1cc(C(F)(F)F)nc1-c1ccc(Cn2c(=O)[nH]c3cnc(-c4cccnc4N4CC(C(F)(F)F)C4)nc32)cc1. The fourth-order valence-electron chi connectivity index (χ4n) is 4.72. The van der Waals surface area contributed by atoms with Crippen molar-refractivity contribution in [2.45, 2.75) is 18.9 Å². The van der Waals surface area contributed by atoms with Crippen LogP contribution in [0.25, 0.3) is 33.9 Å². The van der Waals surface area contributed by atoms with Gasteiger partial charge in [0.25, 0.3) is 0 Å². The highest BCUT2D eigenvalue weighted by molar-refractivity contribution is 5.77. The molecule has 0 saturated carbocycles. The van der Waals surface area contributed by atoms with Gasteiger partial charge in [0.05, 0.1) is 24.2 Å². The van der Waals surface area contributed by atoms with Gasteiger partial charge in [0.1, 0.15) is 17.2 Å². The number of pyridine rings is 1. The van der Waals surface area contributed by atoms with Crippen molar-refractivity contribution in [2.24, 2.45) is 13.0 Å². The van der Waals surface area contributed by atoms with E-state index in [9.17, 15) is 31.1 Å². The molecule has 0 atom stereocenters. The lowest BCUT2D eigenvalue weighted by molar-refractivity contribution is -0.180. The van der Waals surface area contributed by atoms with Crippen molar-refractivity contribution in [1.82, 2.24) is 34.1 Å². The summed E-state index contributed by atoms with van der Waals surface area (Å²) in [5, 5.41) is 0. The van der Waals surface area contributed by atoms with Crippen molar-refractivity contribution in [2.75, 3.05) is 18.0 Å². The van der Waals surface area contributed by atoms with Gasteiger partial charge in [0.2, 0.25) is 0 Å². The zero-order valence-corrected chi connectivity index (χ0v) is 21.2. The molecule has 1 aliphatic rings. The molecular weight excluding hydrogens is 554 g/mol. The Morgan fingerprint density at radius 2 is 1.73 bits per heavy atom. The van der Waals surface area contributed by atoms with E-state index in [4.69, 9.17) is 0 Å². The van der Waals surface area contributed by atoms with Gasteiger partial charge in [-0.3, -0.25) is 4.57 Å². The molecule has 1 aliphatic heterocycles. The van der Waals surface area contributed by atoms with Crippen LogP contribution >= 0.6 is 0 Å². The number of H-pyrrole nitrogens is 1. The van der Waals surface area contributed by atoms with Crippen LogP contribution in [0.3, 0.4) is 0 Å². The molecule has 0 bridgehead atoms. The minimum Gasteiger partial charge on any atom is -0.355 e. The highest BCUT2D eigenvalue weighted by Crippen LogP contribution is 2.38. The first-order valence-electron chi connectivity index (χ1n) is 12.3. The molecule has 0 spiro atoms. The van der Waals surface area contributed by atoms with E-state index in [-0.39, 0.29) is 36.9 Å². The number of imidazole rings is 2. The van der Waals surface area contributed by atoms with Crippen molar-refractivity contribution in [1.29, 1.82) is 0 Å². The van der Waals surface area contributed by atoms with Gasteiger partial charge in [0, 0.05) is 38.1 Å². The van der Waals surface area contributed by atoms with Crippen LogP contribution in [0.5, 0.6) is 0 Å². The molecule has 1 aromatic carbocycles. The van der Waals surface area contributed by atoms with E-state index >= 15 is 0 Å². The van der Waals surface area contributed by atoms with E-state index in [1.807, 2.05) is 0 Å². The lowest BCUT2D eigenvalue weighted by atomic mass is 9.99. The van der Waals surface area contributed by atoms with E-state index in [1.54, 1.807) is 36.4 Å². The first-order valence-corrected chi connectivity index (χ1v) is 12.3. The fraction of sp³-hybridized carbons (Fsp3) is 0.269. The Morgan fingerprint density at radius 3 is 2.39 bits per heavy atom. The highest BCUT2D eigenvalue weighted by Gasteiger charge is 2.48. The van der Waals surface area contributed by atoms with E-state index in [2.05, 4.69) is 24.9 Å². The summed E-state index contributed by atoms with van der Waals surface area (Å²) in [5.41, 5.74) is 0.730. The number of hydrogen-bond donors (Lipinski definition) is 1. The van der Waals surface area contributed by atoms with Crippen LogP contribution in [0.15, 0.2) is 59.8 Å². The molecule has 1 fully saturated rings. The van der Waals surface area contributed by atoms with Gasteiger partial charge in [-0.15, -0.1) is 0 Å². The maximum Gasteiger partial charge on any atom is 0.434 e. The molecule has 5 heterocycles. The summed E-state index contributed by atoms with van der Waals surface area (Å²) < 4.78 is 80.9. The largest absolute Gasteiger partial charge is 0.434 e. The summed E-state index contributed by atoms with van der Waals surface area (Å²) in [6.07, 6.45) is -5.04. The summed E-state index contributed by atoms with van der Waals surface area (Å²) >= 11 is 0. The molecule has 0 aliphatic carbocycles. The third-order valence-electron chi connectivity index (χ3n) is 6.90. The Morgan fingerprint density at radius 1 is 1.00 bits per heavy atom. The van der Waals surface area contributed by atoms with Gasteiger partial charge < -0.3 is 14.5 Å². The number of aromatic nitrogens is 7. The van der Waals surface area contributed by atoms with Crippen molar-refractivity contribution in [3.63, 3.8) is 0 Å². The smallest absolute Gasteiger partial charge is 0.355 e. The summed E-state index contributed by atoms with van der Waals surface area (Å²) in [5.74, 6) is -0.794. The highest BCUT2D eigenvalue weighted by atomic mass is 19.4. The maximum absolute atomic E-state index is 13.0. The summed E-state index contributed by atoms with van der Waals surface area (Å²) in [6, 6.07) is 9.84. The van der Waals surface area contributed by atoms with Gasteiger partial charge in [-0.05, 0) is 17.7 Å². The second kappa shape index (κ2) is 9.45. The second-order valence-electron chi connectivity index (χ2n) is 9.72. The third kappa shape index (κ3) is 4.91. The quantitative estimate of drug-likeness (QED) is 0.307. The zero-order chi connectivity index (χ0) is 29.1. The molecule has 212 valence electrons. The molecule has 9 nitrogen and oxygen atoms in total. The van der Waals surface area contributed by atoms with Crippen molar-refractivity contribution in [3.8, 4) is 22.8 Å². The Labute approximate surface area is 227 Å². The lowest BCUT2D eigenvalue weighted by Gasteiger charge is -2.41. The molecule has 0 radical (unpaired) electrons. The summed E-state index contributed by atoms with van der Waals surface area (Å²) in [7, 11) is 1.47. The average molecular weight is 574 g/mol. The zero-order valence-electron chi connectivity index (χ0n) is 21.2. The van der Waals surface area contributed by atoms with Crippen molar-refractivity contribution < 1.29 is 26.3 Å². The first-order chi connectivity index (χ1) is 19.4. The number of anilines is 1. The number of alkyl halides is 6. The molecule has 0 unspecified atom stereocenters. The van der Waals surface area contributed by atoms with Crippen LogP contribution in [0.4, 0.5) is 32.2 Å². The maximum atomic E-state index is 13.0. The average Bonchev–Trinajstić information content (AvgIpc) is 3.42. The number of fused-ring (bicyclic) bond motifs is 1. The third-order valence-corrected chi connectivity index (χ3v) is 6.90. The number of rotatable bonds is 5. The second-order valence-corrected chi connectivity index (χ2v) is 9.72. The van der Waals surface area contributed by atoms with Crippen molar-refractivity contribution in [3.05, 3.63) is 76.7 Å². The fourth-order valence-corrected chi connectivity index (χ4v) is 4.72. The standard InChI is InChI=1S/C26H20F6N8O/c1-38-13-19(26(30,31)32)36-21(38)15-6-4-14(5-7-15)10-40-23-18(35-24(40)41)9-34-20(37-23)17-3-2-8-33-22(17)39-11-16(12-39)25(27,28)29/h2-9,13,16H,10-12H2,1H3,(H,35,41). The van der Waals surface area contributed by atoms with E-state index in [0.717, 1.165) is 6.20 Å². The number of aryl methyl sites for hydroxylation is 1. The molecule has 0 amide bonds. The Bertz CT molecular complexity index is 1800. The van der Waals surface area contributed by atoms with E-state index < -0.39 is 29.7 Å². The van der Waals surface area contributed by atoms with Gasteiger partial charge in [0.15, 0.2) is 17.2 Å². The van der Waals surface area contributed by atoms with Crippen LogP contribution in [0.2, 0.25) is 0 Å². The molecule has 5 aromatic rings. The van der Waals surface area contributed by atoms with Crippen LogP contribution < -0.4 is 10.6 Å². The van der Waals surface area contributed by atoms with Gasteiger partial charge in [-0.2, -0.15) is 26.3 Å². The van der Waals surface area contributed by atoms with E-state index in [0.29, 0.717) is 28.0 Å². The molecule has 1 N–H and O–H groups in total.